The Morgan fingerprint density at radius 1 is 1.53 bits per heavy atom. The van der Waals surface area contributed by atoms with Crippen molar-refractivity contribution in [2.45, 2.75) is 56.5 Å². The van der Waals surface area contributed by atoms with Crippen LogP contribution in [-0.2, 0) is 4.74 Å². The summed E-state index contributed by atoms with van der Waals surface area (Å²) in [5.41, 5.74) is 0. The number of amides is 1. The summed E-state index contributed by atoms with van der Waals surface area (Å²) in [6.07, 6.45) is 5.83. The monoisotopic (exact) mass is 209 g/mol. The molecule has 0 bridgehead atoms. The molecule has 0 aromatic carbocycles. The van der Waals surface area contributed by atoms with E-state index in [4.69, 9.17) is 4.74 Å². The highest BCUT2D eigenvalue weighted by atomic mass is 16.6. The van der Waals surface area contributed by atoms with E-state index >= 15 is 0 Å². The minimum absolute atomic E-state index is 0.123. The van der Waals surface area contributed by atoms with Gasteiger partial charge in [0.1, 0.15) is 14.0 Å². The van der Waals surface area contributed by atoms with Crippen molar-refractivity contribution in [2.24, 2.45) is 0 Å². The molecule has 0 aromatic heterocycles. The first-order valence-corrected chi connectivity index (χ1v) is 5.93. The molecule has 0 radical (unpaired) electrons. The van der Waals surface area contributed by atoms with Crippen LogP contribution in [0.1, 0.15) is 39.0 Å². The normalized spacial score (nSPS) is 41.7. The average molecular weight is 209 g/mol. The summed E-state index contributed by atoms with van der Waals surface area (Å²) in [5, 5.41) is 0.314. The molecule has 2 rings (SSSR count). The highest BCUT2D eigenvalue weighted by Crippen LogP contribution is 2.40. The minimum atomic E-state index is -0.136. The summed E-state index contributed by atoms with van der Waals surface area (Å²) < 4.78 is 5.44. The molecule has 1 aliphatic heterocycles. The summed E-state index contributed by atoms with van der Waals surface area (Å²) in [7, 11) is 4.14. The molecule has 1 saturated carbocycles. The summed E-state index contributed by atoms with van der Waals surface area (Å²) in [4.78, 5) is 13.3. The second-order valence-electron chi connectivity index (χ2n) is 5.71. The molecule has 1 heterocycles. The Bertz CT molecular complexity index is 267. The van der Waals surface area contributed by atoms with Gasteiger partial charge in [0, 0.05) is 7.05 Å². The van der Waals surface area contributed by atoms with Crippen LogP contribution < -0.4 is 0 Å². The molecule has 3 unspecified atom stereocenters. The van der Waals surface area contributed by atoms with Crippen LogP contribution in [0.3, 0.4) is 0 Å². The maximum absolute atomic E-state index is 11.5. The van der Waals surface area contributed by atoms with E-state index in [0.717, 1.165) is 12.8 Å². The highest BCUT2D eigenvalue weighted by Gasteiger charge is 2.42. The van der Waals surface area contributed by atoms with Crippen molar-refractivity contribution < 1.29 is 9.53 Å². The maximum Gasteiger partial charge on any atom is 0.410 e. The number of rotatable bonds is 0. The quantitative estimate of drug-likeness (QED) is 0.567. The second kappa shape index (κ2) is 3.73. The van der Waals surface area contributed by atoms with Crippen molar-refractivity contribution in [1.29, 1.82) is 0 Å². The van der Waals surface area contributed by atoms with Crippen molar-refractivity contribution in [3.63, 3.8) is 0 Å². The lowest BCUT2D eigenvalue weighted by Crippen LogP contribution is -2.36. The smallest absolute Gasteiger partial charge is 0.410 e. The molecular weight excluding hydrogens is 189 g/mol. The first-order chi connectivity index (χ1) is 6.99. The molecular formula is C11H20BNO2. The largest absolute Gasteiger partial charge is 0.444 e. The Labute approximate surface area is 92.6 Å². The lowest BCUT2D eigenvalue weighted by atomic mass is 9.62. The number of fused-ring (bicyclic) bond motifs is 1. The van der Waals surface area contributed by atoms with Crippen LogP contribution in [0.4, 0.5) is 4.79 Å². The van der Waals surface area contributed by atoms with Crippen molar-refractivity contribution in [2.75, 3.05) is 7.05 Å². The van der Waals surface area contributed by atoms with Gasteiger partial charge in [0.05, 0.1) is 6.04 Å². The number of carbonyl (C=O) groups is 1. The third kappa shape index (κ3) is 2.13. The van der Waals surface area contributed by atoms with E-state index in [1.54, 1.807) is 4.90 Å². The average Bonchev–Trinajstić information content (AvgIpc) is 2.35. The zero-order valence-corrected chi connectivity index (χ0v) is 9.95. The Morgan fingerprint density at radius 2 is 2.27 bits per heavy atom. The van der Waals surface area contributed by atoms with Gasteiger partial charge in [-0.05, 0) is 12.8 Å². The second-order valence-corrected chi connectivity index (χ2v) is 5.71. The molecule has 1 aliphatic carbocycles. The van der Waals surface area contributed by atoms with E-state index in [9.17, 15) is 4.79 Å². The van der Waals surface area contributed by atoms with Crippen molar-refractivity contribution in [3.8, 4) is 0 Å². The number of carbonyl (C=O) groups excluding carboxylic acids is 1. The van der Waals surface area contributed by atoms with Gasteiger partial charge in [-0.15, -0.1) is 0 Å². The highest BCUT2D eigenvalue weighted by molar-refractivity contribution is 6.14. The summed E-state index contributed by atoms with van der Waals surface area (Å²) in [5.74, 6) is 0. The third-order valence-electron chi connectivity index (χ3n) is 3.82. The Morgan fingerprint density at radius 3 is 3.00 bits per heavy atom. The van der Waals surface area contributed by atoms with Crippen LogP contribution in [-0.4, -0.2) is 38.0 Å². The predicted octanol–water partition coefficient (Wildman–Crippen LogP) is 1.58. The Balaban J connectivity index is 2.13. The van der Waals surface area contributed by atoms with Crippen LogP contribution in [0.2, 0.25) is 5.31 Å². The van der Waals surface area contributed by atoms with Crippen molar-refractivity contribution >= 4 is 13.9 Å². The van der Waals surface area contributed by atoms with E-state index < -0.39 is 0 Å². The first kappa shape index (κ1) is 10.8. The van der Waals surface area contributed by atoms with Gasteiger partial charge >= 0.3 is 6.09 Å². The molecule has 1 amide bonds. The summed E-state index contributed by atoms with van der Waals surface area (Å²) >= 11 is 0. The molecule has 4 heteroatoms. The molecule has 1 saturated heterocycles. The van der Waals surface area contributed by atoms with Gasteiger partial charge in [-0.25, -0.2) is 4.79 Å². The van der Waals surface area contributed by atoms with Gasteiger partial charge in [0.15, 0.2) is 0 Å². The van der Waals surface area contributed by atoms with E-state index in [1.807, 2.05) is 7.05 Å². The molecule has 0 aromatic rings. The fourth-order valence-electron chi connectivity index (χ4n) is 2.84. The summed E-state index contributed by atoms with van der Waals surface area (Å²) in [6.45, 7) is 2.28. The van der Waals surface area contributed by atoms with Gasteiger partial charge in [-0.3, -0.25) is 0 Å². The number of hydrogen-bond acceptors (Lipinski definition) is 2. The number of hydrogen-bond donors (Lipinski definition) is 0. The van der Waals surface area contributed by atoms with Crippen molar-refractivity contribution in [1.82, 2.24) is 4.90 Å². The molecule has 84 valence electrons. The zero-order valence-electron chi connectivity index (χ0n) is 9.95. The zero-order chi connectivity index (χ0) is 11.1. The third-order valence-corrected chi connectivity index (χ3v) is 3.82. The van der Waals surface area contributed by atoms with Crippen LogP contribution >= 0.6 is 0 Å². The minimum Gasteiger partial charge on any atom is -0.444 e. The molecule has 0 spiro atoms. The maximum atomic E-state index is 11.5. The van der Waals surface area contributed by atoms with E-state index in [-0.39, 0.29) is 12.2 Å². The fourth-order valence-corrected chi connectivity index (χ4v) is 2.84. The van der Waals surface area contributed by atoms with Crippen LogP contribution in [0.15, 0.2) is 0 Å². The fraction of sp³-hybridized carbons (Fsp3) is 0.909. The molecule has 2 aliphatic rings. The number of likely N-dealkylation sites (N-methyl/N-ethyl adjacent to an activating group) is 1. The van der Waals surface area contributed by atoms with Gasteiger partial charge in [-0.2, -0.15) is 0 Å². The Hall–Kier alpha value is -0.665. The predicted molar refractivity (Wildman–Crippen MR) is 61.8 cm³/mol. The Kier molecular flexibility index (Phi) is 2.69. The van der Waals surface area contributed by atoms with Gasteiger partial charge < -0.3 is 9.64 Å². The van der Waals surface area contributed by atoms with E-state index in [2.05, 4.69) is 14.8 Å². The molecule has 3 atom stereocenters. The van der Waals surface area contributed by atoms with Crippen LogP contribution in [0, 0.1) is 0 Å². The van der Waals surface area contributed by atoms with Crippen molar-refractivity contribution in [3.05, 3.63) is 0 Å². The SMILES string of the molecule is BC1(C)CCCCC2C(C1)OC(=O)N2C. The van der Waals surface area contributed by atoms with Gasteiger partial charge in [0.2, 0.25) is 0 Å². The van der Waals surface area contributed by atoms with Crippen LogP contribution in [0.5, 0.6) is 0 Å². The lowest BCUT2D eigenvalue weighted by molar-refractivity contribution is 0.111. The topological polar surface area (TPSA) is 29.5 Å². The molecule has 3 nitrogen and oxygen atoms in total. The van der Waals surface area contributed by atoms with Gasteiger partial charge in [0.25, 0.3) is 0 Å². The summed E-state index contributed by atoms with van der Waals surface area (Å²) in [6, 6.07) is 0.317. The molecule has 0 N–H and O–H groups in total. The lowest BCUT2D eigenvalue weighted by Gasteiger charge is -2.33. The molecule has 2 fully saturated rings. The number of ether oxygens (including phenoxy) is 1. The molecule has 15 heavy (non-hydrogen) atoms. The van der Waals surface area contributed by atoms with Crippen LogP contribution in [0.25, 0.3) is 0 Å². The van der Waals surface area contributed by atoms with E-state index in [1.165, 1.54) is 19.3 Å². The first-order valence-electron chi connectivity index (χ1n) is 5.93. The van der Waals surface area contributed by atoms with Gasteiger partial charge in [-0.1, -0.05) is 31.5 Å². The number of nitrogens with zero attached hydrogens (tertiary/aromatic N) is 1. The standard InChI is InChI=1S/C11H20BNO2/c1-11(12)6-4-3-5-8-9(7-11)15-10(14)13(8)2/h8-9H,3-7,12H2,1-2H3. The van der Waals surface area contributed by atoms with E-state index in [0.29, 0.717) is 11.4 Å².